The average Bonchev–Trinajstić information content (AvgIpc) is 3.19. The maximum Gasteiger partial charge on any atom is 0.0971 e. The minimum atomic E-state index is 0.319. The molecule has 1 atom stereocenters. The molecule has 5 nitrogen and oxygen atoms in total. The molecule has 0 saturated heterocycles. The third-order valence-electron chi connectivity index (χ3n) is 3.50. The molecule has 2 aromatic heterocycles. The van der Waals surface area contributed by atoms with Crippen molar-refractivity contribution in [2.24, 2.45) is 0 Å². The molecule has 0 saturated carbocycles. The normalized spacial score (nSPS) is 12.7. The lowest BCUT2D eigenvalue weighted by atomic mass is 10.2. The Kier molecular flexibility index (Phi) is 4.08. The lowest BCUT2D eigenvalue weighted by molar-refractivity contribution is 0.253. The van der Waals surface area contributed by atoms with E-state index in [9.17, 15) is 0 Å². The van der Waals surface area contributed by atoms with Crippen LogP contribution in [0, 0.1) is 0 Å². The lowest BCUT2D eigenvalue weighted by Gasteiger charge is -2.22. The Morgan fingerprint density at radius 3 is 2.81 bits per heavy atom. The first-order valence-corrected chi connectivity index (χ1v) is 7.67. The molecule has 0 aliphatic heterocycles. The van der Waals surface area contributed by atoms with Crippen molar-refractivity contribution in [1.82, 2.24) is 24.9 Å². The molecule has 1 aromatic carbocycles. The molecule has 0 amide bonds. The van der Waals surface area contributed by atoms with E-state index in [0.29, 0.717) is 6.04 Å². The van der Waals surface area contributed by atoms with E-state index in [0.717, 1.165) is 17.9 Å². The molecule has 0 bridgehead atoms. The fourth-order valence-corrected chi connectivity index (χ4v) is 2.86. The SMILES string of the molecule is C[C@H](c1cncs1)N(C)Cc1cn(-c2ccccc2)nn1. The van der Waals surface area contributed by atoms with Gasteiger partial charge in [0.1, 0.15) is 0 Å². The summed E-state index contributed by atoms with van der Waals surface area (Å²) in [6.45, 7) is 2.93. The van der Waals surface area contributed by atoms with E-state index in [1.165, 1.54) is 4.88 Å². The third kappa shape index (κ3) is 3.17. The van der Waals surface area contributed by atoms with Gasteiger partial charge in [-0.05, 0) is 26.1 Å². The Bertz CT molecular complexity index is 677. The van der Waals surface area contributed by atoms with E-state index in [1.807, 2.05) is 48.2 Å². The summed E-state index contributed by atoms with van der Waals surface area (Å²) in [5.41, 5.74) is 3.85. The Labute approximate surface area is 127 Å². The highest BCUT2D eigenvalue weighted by atomic mass is 32.1. The van der Waals surface area contributed by atoms with Crippen LogP contribution in [0.1, 0.15) is 23.5 Å². The Balaban J connectivity index is 1.70. The number of nitrogens with zero attached hydrogens (tertiary/aromatic N) is 5. The van der Waals surface area contributed by atoms with Gasteiger partial charge in [-0.2, -0.15) is 0 Å². The second kappa shape index (κ2) is 6.15. The van der Waals surface area contributed by atoms with E-state index in [-0.39, 0.29) is 0 Å². The first-order chi connectivity index (χ1) is 10.2. The maximum absolute atomic E-state index is 4.26. The Hall–Kier alpha value is -2.05. The highest BCUT2D eigenvalue weighted by Crippen LogP contribution is 2.23. The molecule has 0 fully saturated rings. The molecule has 108 valence electrons. The predicted octanol–water partition coefficient (Wildman–Crippen LogP) is 2.92. The zero-order valence-corrected chi connectivity index (χ0v) is 12.9. The molecule has 0 N–H and O–H groups in total. The standard InChI is InChI=1S/C15H17N5S/c1-12(15-8-16-11-21-15)19(2)9-13-10-20(18-17-13)14-6-4-3-5-7-14/h3-8,10-12H,9H2,1-2H3/t12-/m1/s1. The second-order valence-corrected chi connectivity index (χ2v) is 5.90. The summed E-state index contributed by atoms with van der Waals surface area (Å²) in [6.07, 6.45) is 3.90. The smallest absolute Gasteiger partial charge is 0.0971 e. The molecule has 0 radical (unpaired) electrons. The summed E-state index contributed by atoms with van der Waals surface area (Å²) >= 11 is 1.68. The van der Waals surface area contributed by atoms with Gasteiger partial charge in [0.15, 0.2) is 0 Å². The van der Waals surface area contributed by atoms with E-state index in [4.69, 9.17) is 0 Å². The zero-order chi connectivity index (χ0) is 14.7. The quantitative estimate of drug-likeness (QED) is 0.727. The van der Waals surface area contributed by atoms with Crippen LogP contribution in [0.4, 0.5) is 0 Å². The van der Waals surface area contributed by atoms with Gasteiger partial charge < -0.3 is 0 Å². The number of benzene rings is 1. The first-order valence-electron chi connectivity index (χ1n) is 6.79. The van der Waals surface area contributed by atoms with Crippen molar-refractivity contribution in [3.8, 4) is 5.69 Å². The number of aromatic nitrogens is 4. The van der Waals surface area contributed by atoms with Crippen LogP contribution in [-0.4, -0.2) is 31.9 Å². The van der Waals surface area contributed by atoms with Crippen molar-refractivity contribution in [2.75, 3.05) is 7.05 Å². The zero-order valence-electron chi connectivity index (χ0n) is 12.0. The molecule has 3 rings (SSSR count). The minimum Gasteiger partial charge on any atom is -0.293 e. The fraction of sp³-hybridized carbons (Fsp3) is 0.267. The van der Waals surface area contributed by atoms with E-state index in [1.54, 1.807) is 16.0 Å². The van der Waals surface area contributed by atoms with Crippen molar-refractivity contribution in [3.63, 3.8) is 0 Å². The van der Waals surface area contributed by atoms with E-state index >= 15 is 0 Å². The van der Waals surface area contributed by atoms with Crippen LogP contribution in [0.15, 0.2) is 48.2 Å². The maximum atomic E-state index is 4.26. The van der Waals surface area contributed by atoms with Crippen molar-refractivity contribution in [3.05, 3.63) is 58.8 Å². The number of thiazole rings is 1. The molecule has 3 aromatic rings. The molecule has 0 spiro atoms. The van der Waals surface area contributed by atoms with Gasteiger partial charge >= 0.3 is 0 Å². The van der Waals surface area contributed by atoms with Gasteiger partial charge in [0.05, 0.1) is 23.1 Å². The molecule has 0 unspecified atom stereocenters. The van der Waals surface area contributed by atoms with Crippen LogP contribution in [-0.2, 0) is 6.54 Å². The monoisotopic (exact) mass is 299 g/mol. The van der Waals surface area contributed by atoms with Gasteiger partial charge in [-0.1, -0.05) is 23.4 Å². The largest absolute Gasteiger partial charge is 0.293 e. The van der Waals surface area contributed by atoms with E-state index in [2.05, 4.69) is 34.2 Å². The first kappa shape index (κ1) is 13.9. The van der Waals surface area contributed by atoms with Crippen LogP contribution in [0.25, 0.3) is 5.69 Å². The van der Waals surface area contributed by atoms with Gasteiger partial charge in [0, 0.05) is 23.7 Å². The molecule has 0 aliphatic carbocycles. The average molecular weight is 299 g/mol. The summed E-state index contributed by atoms with van der Waals surface area (Å²) < 4.78 is 1.81. The Morgan fingerprint density at radius 1 is 1.29 bits per heavy atom. The molecular formula is C15H17N5S. The Morgan fingerprint density at radius 2 is 2.10 bits per heavy atom. The van der Waals surface area contributed by atoms with E-state index < -0.39 is 0 Å². The fourth-order valence-electron chi connectivity index (χ4n) is 2.12. The molecule has 6 heteroatoms. The summed E-state index contributed by atoms with van der Waals surface area (Å²) in [4.78, 5) is 7.64. The van der Waals surface area contributed by atoms with Gasteiger partial charge in [0.25, 0.3) is 0 Å². The van der Waals surface area contributed by atoms with Gasteiger partial charge in [0.2, 0.25) is 0 Å². The lowest BCUT2D eigenvalue weighted by Crippen LogP contribution is -2.21. The summed E-state index contributed by atoms with van der Waals surface area (Å²) in [7, 11) is 2.09. The highest BCUT2D eigenvalue weighted by Gasteiger charge is 2.15. The summed E-state index contributed by atoms with van der Waals surface area (Å²) in [5.74, 6) is 0. The number of hydrogen-bond donors (Lipinski definition) is 0. The van der Waals surface area contributed by atoms with Crippen molar-refractivity contribution >= 4 is 11.3 Å². The van der Waals surface area contributed by atoms with Gasteiger partial charge in [-0.25, -0.2) is 4.68 Å². The van der Waals surface area contributed by atoms with Crippen LogP contribution >= 0.6 is 11.3 Å². The van der Waals surface area contributed by atoms with Crippen molar-refractivity contribution < 1.29 is 0 Å². The topological polar surface area (TPSA) is 46.8 Å². The van der Waals surface area contributed by atoms with Crippen molar-refractivity contribution in [2.45, 2.75) is 19.5 Å². The third-order valence-corrected chi connectivity index (χ3v) is 4.44. The van der Waals surface area contributed by atoms with Gasteiger partial charge in [-0.3, -0.25) is 9.88 Å². The van der Waals surface area contributed by atoms with Crippen LogP contribution in [0.5, 0.6) is 0 Å². The highest BCUT2D eigenvalue weighted by molar-refractivity contribution is 7.09. The molecule has 0 aliphatic rings. The summed E-state index contributed by atoms with van der Waals surface area (Å²) in [5, 5.41) is 8.45. The van der Waals surface area contributed by atoms with Crippen LogP contribution in [0.2, 0.25) is 0 Å². The molecule has 21 heavy (non-hydrogen) atoms. The number of rotatable bonds is 5. The molecule has 2 heterocycles. The van der Waals surface area contributed by atoms with Gasteiger partial charge in [-0.15, -0.1) is 16.4 Å². The molecular weight excluding hydrogens is 282 g/mol. The van der Waals surface area contributed by atoms with Crippen LogP contribution in [0.3, 0.4) is 0 Å². The predicted molar refractivity (Wildman–Crippen MR) is 83.4 cm³/mol. The minimum absolute atomic E-state index is 0.319. The number of hydrogen-bond acceptors (Lipinski definition) is 5. The number of para-hydroxylation sites is 1. The van der Waals surface area contributed by atoms with Crippen molar-refractivity contribution in [1.29, 1.82) is 0 Å². The summed E-state index contributed by atoms with van der Waals surface area (Å²) in [6, 6.07) is 10.3. The second-order valence-electron chi connectivity index (χ2n) is 4.98. The van der Waals surface area contributed by atoms with Crippen LogP contribution < -0.4 is 0 Å².